The van der Waals surface area contributed by atoms with Crippen LogP contribution in [-0.2, 0) is 21.2 Å². The van der Waals surface area contributed by atoms with E-state index in [9.17, 15) is 27.7 Å². The number of halogens is 1. The summed E-state index contributed by atoms with van der Waals surface area (Å²) in [6.07, 6.45) is 1.93. The minimum atomic E-state index is -3.91. The van der Waals surface area contributed by atoms with E-state index in [1.54, 1.807) is 17.0 Å². The smallest absolute Gasteiger partial charge is 0.270 e. The lowest BCUT2D eigenvalue weighted by molar-refractivity contribution is -0.385. The second kappa shape index (κ2) is 9.69. The Hall–Kier alpha value is -3.64. The first-order valence-corrected chi connectivity index (χ1v) is 11.9. The third-order valence-corrected chi connectivity index (χ3v) is 7.39. The molecule has 3 aromatic rings. The van der Waals surface area contributed by atoms with Gasteiger partial charge in [0, 0.05) is 56.7 Å². The fourth-order valence-electron chi connectivity index (χ4n) is 3.63. The second-order valence-corrected chi connectivity index (χ2v) is 9.60. The number of hydrogen-bond acceptors (Lipinski definition) is 7. The van der Waals surface area contributed by atoms with E-state index in [0.717, 1.165) is 6.07 Å². The van der Waals surface area contributed by atoms with Crippen molar-refractivity contribution >= 4 is 21.6 Å². The monoisotopic (exact) mass is 488 g/mol. The lowest BCUT2D eigenvalue weighted by Crippen LogP contribution is -2.50. The van der Waals surface area contributed by atoms with Gasteiger partial charge >= 0.3 is 0 Å². The molecule has 1 aliphatic heterocycles. The number of carbonyl (C=O) groups is 1. The van der Waals surface area contributed by atoms with Crippen LogP contribution in [0.4, 0.5) is 10.1 Å². The Morgan fingerprint density at radius 2 is 1.82 bits per heavy atom. The molecule has 2 heterocycles. The van der Waals surface area contributed by atoms with Crippen LogP contribution in [0.2, 0.25) is 0 Å². The van der Waals surface area contributed by atoms with Crippen LogP contribution >= 0.6 is 0 Å². The fraction of sp³-hybridized carbons (Fsp3) is 0.273. The molecular weight excluding hydrogens is 467 g/mol. The van der Waals surface area contributed by atoms with Gasteiger partial charge in [-0.15, -0.1) is 0 Å². The van der Waals surface area contributed by atoms with Gasteiger partial charge in [-0.2, -0.15) is 4.31 Å². The summed E-state index contributed by atoms with van der Waals surface area (Å²) < 4.78 is 45.6. The zero-order chi connectivity index (χ0) is 24.3. The zero-order valence-corrected chi connectivity index (χ0v) is 18.8. The third kappa shape index (κ3) is 5.13. The number of oxazole rings is 1. The number of amides is 1. The molecule has 1 saturated heterocycles. The van der Waals surface area contributed by atoms with E-state index in [0.29, 0.717) is 17.2 Å². The van der Waals surface area contributed by atoms with Crippen LogP contribution in [0.3, 0.4) is 0 Å². The molecule has 12 heteroatoms. The van der Waals surface area contributed by atoms with E-state index < -0.39 is 14.9 Å². The van der Waals surface area contributed by atoms with Crippen molar-refractivity contribution in [3.05, 3.63) is 76.6 Å². The molecule has 0 atom stereocenters. The highest BCUT2D eigenvalue weighted by molar-refractivity contribution is 7.89. The van der Waals surface area contributed by atoms with E-state index >= 15 is 0 Å². The van der Waals surface area contributed by atoms with Crippen molar-refractivity contribution in [2.75, 3.05) is 26.2 Å². The standard InChI is InChI=1S/C22H21FN4O6S/c23-17-6-4-16(5-7-17)20-15-24-21(33-20)8-9-22(28)25-10-12-26(13-11-25)34(31,32)19-3-1-2-18(14-19)27(29)30/h1-7,14-15H,8-13H2. The Labute approximate surface area is 194 Å². The maximum Gasteiger partial charge on any atom is 0.270 e. The molecule has 2 aromatic carbocycles. The lowest BCUT2D eigenvalue weighted by Gasteiger charge is -2.34. The van der Waals surface area contributed by atoms with E-state index in [1.807, 2.05) is 0 Å². The highest BCUT2D eigenvalue weighted by Gasteiger charge is 2.31. The molecule has 0 saturated carbocycles. The van der Waals surface area contributed by atoms with Crippen molar-refractivity contribution in [3.8, 4) is 11.3 Å². The number of aryl methyl sites for hydroxylation is 1. The summed E-state index contributed by atoms with van der Waals surface area (Å²) in [6.45, 7) is 0.591. The normalized spacial score (nSPS) is 14.8. The van der Waals surface area contributed by atoms with Crippen LogP contribution < -0.4 is 0 Å². The summed E-state index contributed by atoms with van der Waals surface area (Å²) in [5.74, 6) is 0.336. The maximum atomic E-state index is 13.1. The topological polar surface area (TPSA) is 127 Å². The molecule has 0 spiro atoms. The first-order chi connectivity index (χ1) is 16.2. The highest BCUT2D eigenvalue weighted by Crippen LogP contribution is 2.23. The van der Waals surface area contributed by atoms with Gasteiger partial charge in [0.25, 0.3) is 5.69 Å². The number of carbonyl (C=O) groups excluding carboxylic acids is 1. The molecule has 1 aliphatic rings. The first-order valence-electron chi connectivity index (χ1n) is 10.5. The third-order valence-electron chi connectivity index (χ3n) is 5.49. The average molecular weight is 488 g/mol. The minimum absolute atomic E-state index is 0.0878. The van der Waals surface area contributed by atoms with Crippen molar-refractivity contribution < 1.29 is 26.9 Å². The molecule has 4 rings (SSSR count). The Morgan fingerprint density at radius 3 is 2.50 bits per heavy atom. The van der Waals surface area contributed by atoms with Gasteiger partial charge in [0.15, 0.2) is 11.7 Å². The molecule has 0 bridgehead atoms. The quantitative estimate of drug-likeness (QED) is 0.370. The van der Waals surface area contributed by atoms with Gasteiger partial charge in [0.05, 0.1) is 16.0 Å². The van der Waals surface area contributed by atoms with E-state index in [-0.39, 0.29) is 61.3 Å². The van der Waals surface area contributed by atoms with Crippen LogP contribution in [0.1, 0.15) is 12.3 Å². The van der Waals surface area contributed by atoms with E-state index in [2.05, 4.69) is 4.98 Å². The van der Waals surface area contributed by atoms with Crippen molar-refractivity contribution in [1.82, 2.24) is 14.2 Å². The molecule has 0 aliphatic carbocycles. The number of non-ortho nitro benzene ring substituents is 1. The van der Waals surface area contributed by atoms with Gasteiger partial charge in [-0.3, -0.25) is 14.9 Å². The van der Waals surface area contributed by atoms with Gasteiger partial charge in [-0.25, -0.2) is 17.8 Å². The van der Waals surface area contributed by atoms with E-state index in [1.165, 1.54) is 40.8 Å². The Morgan fingerprint density at radius 1 is 1.12 bits per heavy atom. The van der Waals surface area contributed by atoms with Gasteiger partial charge in [0.1, 0.15) is 5.82 Å². The number of piperazine rings is 1. The Bertz CT molecular complexity index is 1300. The summed E-state index contributed by atoms with van der Waals surface area (Å²) >= 11 is 0. The summed E-state index contributed by atoms with van der Waals surface area (Å²) in [7, 11) is -3.91. The van der Waals surface area contributed by atoms with Gasteiger partial charge < -0.3 is 9.32 Å². The lowest BCUT2D eigenvalue weighted by atomic mass is 10.2. The van der Waals surface area contributed by atoms with Crippen molar-refractivity contribution in [1.29, 1.82) is 0 Å². The molecule has 1 fully saturated rings. The van der Waals surface area contributed by atoms with Crippen LogP contribution in [-0.4, -0.2) is 59.6 Å². The number of aromatic nitrogens is 1. The molecule has 34 heavy (non-hydrogen) atoms. The molecular formula is C22H21FN4O6S. The fourth-order valence-corrected chi connectivity index (χ4v) is 5.09. The SMILES string of the molecule is O=C(CCc1ncc(-c2ccc(F)cc2)o1)N1CCN(S(=O)(=O)c2cccc([N+](=O)[O-])c2)CC1. The van der Waals surface area contributed by atoms with Crippen molar-refractivity contribution in [2.45, 2.75) is 17.7 Å². The van der Waals surface area contributed by atoms with Crippen LogP contribution in [0.15, 0.2) is 64.0 Å². The summed E-state index contributed by atoms with van der Waals surface area (Å²) in [4.78, 5) is 28.5. The number of nitro groups is 1. The van der Waals surface area contributed by atoms with Crippen molar-refractivity contribution in [3.63, 3.8) is 0 Å². The van der Waals surface area contributed by atoms with Gasteiger partial charge in [-0.1, -0.05) is 6.07 Å². The summed E-state index contributed by atoms with van der Waals surface area (Å²) in [5, 5.41) is 11.0. The number of nitrogens with zero attached hydrogens (tertiary/aromatic N) is 4. The number of hydrogen-bond donors (Lipinski definition) is 0. The van der Waals surface area contributed by atoms with Crippen LogP contribution in [0.5, 0.6) is 0 Å². The molecule has 1 aromatic heterocycles. The molecule has 0 N–H and O–H groups in total. The first kappa shape index (κ1) is 23.5. The van der Waals surface area contributed by atoms with Crippen LogP contribution in [0, 0.1) is 15.9 Å². The largest absolute Gasteiger partial charge is 0.441 e. The highest BCUT2D eigenvalue weighted by atomic mass is 32.2. The second-order valence-electron chi connectivity index (χ2n) is 7.66. The summed E-state index contributed by atoms with van der Waals surface area (Å²) in [5.41, 5.74) is 0.372. The van der Waals surface area contributed by atoms with Crippen LogP contribution in [0.25, 0.3) is 11.3 Å². The predicted octanol–water partition coefficient (Wildman–Crippen LogP) is 2.85. The maximum absolute atomic E-state index is 13.1. The number of sulfonamides is 1. The molecule has 0 unspecified atom stereocenters. The molecule has 10 nitrogen and oxygen atoms in total. The van der Waals surface area contributed by atoms with Crippen molar-refractivity contribution in [2.24, 2.45) is 0 Å². The van der Waals surface area contributed by atoms with Gasteiger partial charge in [-0.05, 0) is 30.3 Å². The number of rotatable bonds is 7. The minimum Gasteiger partial charge on any atom is -0.441 e. The molecule has 0 radical (unpaired) electrons. The molecule has 1 amide bonds. The van der Waals surface area contributed by atoms with Gasteiger partial charge in [0.2, 0.25) is 15.9 Å². The number of nitro benzene ring substituents is 1. The molecule has 178 valence electrons. The predicted molar refractivity (Wildman–Crippen MR) is 119 cm³/mol. The number of benzene rings is 2. The Kier molecular flexibility index (Phi) is 6.70. The summed E-state index contributed by atoms with van der Waals surface area (Å²) in [6, 6.07) is 10.7. The van der Waals surface area contributed by atoms with E-state index in [4.69, 9.17) is 4.42 Å². The Balaban J connectivity index is 1.31. The zero-order valence-electron chi connectivity index (χ0n) is 18.0. The average Bonchev–Trinajstić information content (AvgIpc) is 3.32.